The molecule has 7 heteroatoms. The van der Waals surface area contributed by atoms with Crippen molar-refractivity contribution < 1.29 is 9.53 Å². The highest BCUT2D eigenvalue weighted by Crippen LogP contribution is 2.35. The van der Waals surface area contributed by atoms with Crippen LogP contribution in [0, 0.1) is 13.8 Å². The number of carbonyl (C=O) groups excluding carboxylic acids is 1. The average molecular weight is 306 g/mol. The van der Waals surface area contributed by atoms with E-state index in [1.54, 1.807) is 0 Å². The minimum absolute atomic E-state index is 0.166. The van der Waals surface area contributed by atoms with Crippen LogP contribution in [0.2, 0.25) is 0 Å². The second-order valence-corrected chi connectivity index (χ2v) is 6.75. The molecule has 2 aromatic rings. The van der Waals surface area contributed by atoms with Crippen LogP contribution in [0.15, 0.2) is 0 Å². The maximum atomic E-state index is 12.5. The first kappa shape index (κ1) is 14.2. The van der Waals surface area contributed by atoms with Gasteiger partial charge in [0.15, 0.2) is 0 Å². The van der Waals surface area contributed by atoms with Crippen molar-refractivity contribution in [3.05, 3.63) is 16.1 Å². The number of amides is 1. The molecule has 0 aliphatic carbocycles. The van der Waals surface area contributed by atoms with Crippen molar-refractivity contribution in [2.75, 3.05) is 18.9 Å². The molecule has 1 atom stereocenters. The first-order valence-corrected chi connectivity index (χ1v) is 7.65. The molecule has 3 rings (SSSR count). The quantitative estimate of drug-likeness (QED) is 0.883. The second kappa shape index (κ2) is 4.92. The molecule has 1 amide bonds. The Bertz CT molecular complexity index is 719. The molecule has 1 aliphatic heterocycles. The number of hydrogen-bond donors (Lipinski definition) is 2. The van der Waals surface area contributed by atoms with E-state index in [1.165, 1.54) is 11.3 Å². The number of nitrogens with one attached hydrogen (secondary N) is 1. The van der Waals surface area contributed by atoms with Crippen LogP contribution in [0.25, 0.3) is 10.2 Å². The monoisotopic (exact) mass is 306 g/mol. The van der Waals surface area contributed by atoms with Gasteiger partial charge in [-0.3, -0.25) is 4.79 Å². The van der Waals surface area contributed by atoms with Crippen LogP contribution in [-0.2, 0) is 4.74 Å². The summed E-state index contributed by atoms with van der Waals surface area (Å²) in [5.74, 6) is -0.166. The van der Waals surface area contributed by atoms with E-state index in [4.69, 9.17) is 10.5 Å². The molecule has 0 saturated carbocycles. The fraction of sp³-hybridized carbons (Fsp3) is 0.500. The third-order valence-electron chi connectivity index (χ3n) is 3.98. The topological polar surface area (TPSA) is 90.1 Å². The Balaban J connectivity index is 1.99. The predicted molar refractivity (Wildman–Crippen MR) is 82.6 cm³/mol. The number of carbonyl (C=O) groups is 1. The van der Waals surface area contributed by atoms with Gasteiger partial charge in [0.2, 0.25) is 0 Å². The van der Waals surface area contributed by atoms with Gasteiger partial charge in [-0.25, -0.2) is 0 Å². The van der Waals surface area contributed by atoms with E-state index in [0.717, 1.165) is 23.1 Å². The van der Waals surface area contributed by atoms with Crippen LogP contribution in [0.3, 0.4) is 0 Å². The van der Waals surface area contributed by atoms with Gasteiger partial charge in [0, 0.05) is 12.0 Å². The molecule has 1 saturated heterocycles. The molecule has 0 radical (unpaired) electrons. The van der Waals surface area contributed by atoms with Gasteiger partial charge >= 0.3 is 0 Å². The molecule has 3 heterocycles. The van der Waals surface area contributed by atoms with Crippen molar-refractivity contribution in [3.8, 4) is 0 Å². The fourth-order valence-corrected chi connectivity index (χ4v) is 3.50. The molecular formula is C14H18N4O2S. The Morgan fingerprint density at radius 3 is 2.86 bits per heavy atom. The number of thiophene rings is 1. The van der Waals surface area contributed by atoms with Crippen LogP contribution < -0.4 is 11.1 Å². The molecule has 21 heavy (non-hydrogen) atoms. The standard InChI is InChI=1S/C14H18N4O2S/c1-7-8(2)17-18-13-9(7)10(15)11(21-13)12(19)16-14(3)4-5-20-6-14/h4-6,15H2,1-3H3,(H,16,19). The van der Waals surface area contributed by atoms with E-state index >= 15 is 0 Å². The van der Waals surface area contributed by atoms with Crippen molar-refractivity contribution in [2.45, 2.75) is 32.7 Å². The third-order valence-corrected chi connectivity index (χ3v) is 5.06. The lowest BCUT2D eigenvalue weighted by Crippen LogP contribution is -2.46. The molecule has 3 N–H and O–H groups in total. The van der Waals surface area contributed by atoms with Gasteiger partial charge in [-0.1, -0.05) is 0 Å². The number of nitrogens with zero attached hydrogens (tertiary/aromatic N) is 2. The minimum Gasteiger partial charge on any atom is -0.397 e. The maximum Gasteiger partial charge on any atom is 0.264 e. The summed E-state index contributed by atoms with van der Waals surface area (Å²) in [6.07, 6.45) is 0.807. The summed E-state index contributed by atoms with van der Waals surface area (Å²) in [6, 6.07) is 0. The average Bonchev–Trinajstić information content (AvgIpc) is 2.99. The summed E-state index contributed by atoms with van der Waals surface area (Å²) in [4.78, 5) is 13.7. The summed E-state index contributed by atoms with van der Waals surface area (Å²) in [6.45, 7) is 7.01. The molecule has 0 spiro atoms. The van der Waals surface area contributed by atoms with E-state index < -0.39 is 0 Å². The Labute approximate surface area is 126 Å². The van der Waals surface area contributed by atoms with Gasteiger partial charge in [-0.2, -0.15) is 5.10 Å². The largest absolute Gasteiger partial charge is 0.397 e. The molecule has 112 valence electrons. The van der Waals surface area contributed by atoms with Gasteiger partial charge in [0.25, 0.3) is 5.91 Å². The molecule has 1 fully saturated rings. The molecule has 1 aliphatic rings. The number of ether oxygens (including phenoxy) is 1. The highest BCUT2D eigenvalue weighted by atomic mass is 32.1. The van der Waals surface area contributed by atoms with Crippen molar-refractivity contribution >= 4 is 33.1 Å². The summed E-state index contributed by atoms with van der Waals surface area (Å²) in [5.41, 5.74) is 8.15. The zero-order valence-corrected chi connectivity index (χ0v) is 13.1. The Morgan fingerprint density at radius 2 is 2.19 bits per heavy atom. The number of anilines is 1. The van der Waals surface area contributed by atoms with Crippen molar-refractivity contribution in [2.24, 2.45) is 0 Å². The SMILES string of the molecule is Cc1nnc2sc(C(=O)NC3(C)CCOC3)c(N)c2c1C. The lowest BCUT2D eigenvalue weighted by atomic mass is 10.0. The number of fused-ring (bicyclic) bond motifs is 1. The van der Waals surface area contributed by atoms with Crippen LogP contribution in [0.4, 0.5) is 5.69 Å². The number of aromatic nitrogens is 2. The van der Waals surface area contributed by atoms with Crippen LogP contribution in [0.1, 0.15) is 34.3 Å². The summed E-state index contributed by atoms with van der Waals surface area (Å²) >= 11 is 1.29. The molecule has 2 aromatic heterocycles. The lowest BCUT2D eigenvalue weighted by Gasteiger charge is -2.23. The van der Waals surface area contributed by atoms with Gasteiger partial charge in [0.1, 0.15) is 9.71 Å². The zero-order valence-electron chi connectivity index (χ0n) is 12.3. The van der Waals surface area contributed by atoms with Gasteiger partial charge in [0.05, 0.1) is 23.5 Å². The van der Waals surface area contributed by atoms with Gasteiger partial charge in [-0.15, -0.1) is 16.4 Å². The van der Waals surface area contributed by atoms with Gasteiger partial charge < -0.3 is 15.8 Å². The summed E-state index contributed by atoms with van der Waals surface area (Å²) in [7, 11) is 0. The van der Waals surface area contributed by atoms with E-state index in [0.29, 0.717) is 28.6 Å². The van der Waals surface area contributed by atoms with Crippen molar-refractivity contribution in [1.82, 2.24) is 15.5 Å². The number of rotatable bonds is 2. The van der Waals surface area contributed by atoms with Crippen LogP contribution >= 0.6 is 11.3 Å². The van der Waals surface area contributed by atoms with E-state index in [2.05, 4.69) is 15.5 Å². The van der Waals surface area contributed by atoms with E-state index in [-0.39, 0.29) is 11.4 Å². The van der Waals surface area contributed by atoms with Crippen molar-refractivity contribution in [1.29, 1.82) is 0 Å². The smallest absolute Gasteiger partial charge is 0.264 e. The normalized spacial score (nSPS) is 21.9. The highest BCUT2D eigenvalue weighted by Gasteiger charge is 2.33. The number of hydrogen-bond acceptors (Lipinski definition) is 6. The third kappa shape index (κ3) is 2.36. The zero-order chi connectivity index (χ0) is 15.2. The summed E-state index contributed by atoms with van der Waals surface area (Å²) < 4.78 is 5.36. The van der Waals surface area contributed by atoms with E-state index in [9.17, 15) is 4.79 Å². The number of nitrogens with two attached hydrogens (primary N) is 1. The highest BCUT2D eigenvalue weighted by molar-refractivity contribution is 7.21. The van der Waals surface area contributed by atoms with Crippen LogP contribution in [0.5, 0.6) is 0 Å². The Hall–Kier alpha value is -1.73. The first-order valence-electron chi connectivity index (χ1n) is 6.83. The minimum atomic E-state index is -0.323. The van der Waals surface area contributed by atoms with Crippen LogP contribution in [-0.4, -0.2) is 34.9 Å². The molecular weight excluding hydrogens is 288 g/mol. The predicted octanol–water partition coefficient (Wildman–Crippen LogP) is 1.80. The molecule has 0 bridgehead atoms. The molecule has 0 aromatic carbocycles. The van der Waals surface area contributed by atoms with E-state index in [1.807, 2.05) is 20.8 Å². The maximum absolute atomic E-state index is 12.5. The number of aryl methyl sites for hydroxylation is 2. The van der Waals surface area contributed by atoms with Gasteiger partial charge in [-0.05, 0) is 32.8 Å². The van der Waals surface area contributed by atoms with Crippen molar-refractivity contribution in [3.63, 3.8) is 0 Å². The first-order chi connectivity index (χ1) is 9.91. The lowest BCUT2D eigenvalue weighted by molar-refractivity contribution is 0.0895. The second-order valence-electron chi connectivity index (χ2n) is 5.75. The summed E-state index contributed by atoms with van der Waals surface area (Å²) in [5, 5.41) is 12.1. The number of nitrogen functional groups attached to an aromatic ring is 1. The molecule has 6 nitrogen and oxygen atoms in total. The molecule has 1 unspecified atom stereocenters. The Kier molecular flexibility index (Phi) is 3.33. The Morgan fingerprint density at radius 1 is 1.43 bits per heavy atom. The fourth-order valence-electron chi connectivity index (χ4n) is 2.51.